The number of hydrogen-bond donors (Lipinski definition) is 0. The highest BCUT2D eigenvalue weighted by Crippen LogP contribution is 2.37. The first kappa shape index (κ1) is 14.3. The molecule has 0 bridgehead atoms. The minimum absolute atomic E-state index is 0.00248. The van der Waals surface area contributed by atoms with Crippen LogP contribution in [0.4, 0.5) is 13.2 Å². The number of benzene rings is 1. The van der Waals surface area contributed by atoms with E-state index in [1.807, 2.05) is 13.8 Å². The third-order valence-corrected chi connectivity index (χ3v) is 2.93. The first-order chi connectivity index (χ1) is 9.32. The number of carbonyl (C=O) groups excluding carboxylic acids is 1. The first-order valence-corrected chi connectivity index (χ1v) is 6.04. The highest BCUT2D eigenvalue weighted by Gasteiger charge is 2.34. The molecule has 0 fully saturated rings. The van der Waals surface area contributed by atoms with Crippen molar-refractivity contribution < 1.29 is 18.0 Å². The van der Waals surface area contributed by atoms with Crippen LogP contribution in [0.15, 0.2) is 30.6 Å². The topological polar surface area (TPSA) is 34.9 Å². The molecule has 0 N–H and O–H groups in total. The lowest BCUT2D eigenvalue weighted by atomic mass is 9.99. The van der Waals surface area contributed by atoms with E-state index in [4.69, 9.17) is 0 Å². The Kier molecular flexibility index (Phi) is 3.65. The minimum atomic E-state index is -4.52. The normalized spacial score (nSPS) is 11.9. The van der Waals surface area contributed by atoms with Crippen LogP contribution in [-0.2, 0) is 6.18 Å². The van der Waals surface area contributed by atoms with E-state index >= 15 is 0 Å². The van der Waals surface area contributed by atoms with Gasteiger partial charge in [0.05, 0.1) is 11.8 Å². The van der Waals surface area contributed by atoms with Gasteiger partial charge >= 0.3 is 6.18 Å². The van der Waals surface area contributed by atoms with Crippen LogP contribution in [0.3, 0.4) is 0 Å². The molecule has 0 aliphatic carbocycles. The van der Waals surface area contributed by atoms with Gasteiger partial charge in [-0.05, 0) is 25.5 Å². The van der Waals surface area contributed by atoms with Crippen molar-refractivity contribution in [1.29, 1.82) is 0 Å². The number of halogens is 3. The van der Waals surface area contributed by atoms with Crippen LogP contribution in [0, 0.1) is 0 Å². The number of rotatable bonds is 3. The second-order valence-corrected chi connectivity index (χ2v) is 4.72. The van der Waals surface area contributed by atoms with Crippen LogP contribution in [0.5, 0.6) is 0 Å². The van der Waals surface area contributed by atoms with Crippen molar-refractivity contribution in [2.45, 2.75) is 26.1 Å². The molecule has 106 valence electrons. The first-order valence-electron chi connectivity index (χ1n) is 6.04. The monoisotopic (exact) mass is 282 g/mol. The van der Waals surface area contributed by atoms with Crippen LogP contribution in [0.2, 0.25) is 0 Å². The lowest BCUT2D eigenvalue weighted by Gasteiger charge is -2.12. The van der Waals surface area contributed by atoms with Crippen LogP contribution in [0.25, 0.3) is 11.1 Å². The van der Waals surface area contributed by atoms with Crippen LogP contribution >= 0.6 is 0 Å². The van der Waals surface area contributed by atoms with Gasteiger partial charge in [-0.2, -0.15) is 18.3 Å². The summed E-state index contributed by atoms with van der Waals surface area (Å²) in [5.41, 5.74) is -0.429. The lowest BCUT2D eigenvalue weighted by Crippen LogP contribution is -2.08. The Bertz CT molecular complexity index is 630. The average Bonchev–Trinajstić information content (AvgIpc) is 2.86. The van der Waals surface area contributed by atoms with Gasteiger partial charge in [0.2, 0.25) is 0 Å². The maximum absolute atomic E-state index is 13.1. The summed E-state index contributed by atoms with van der Waals surface area (Å²) >= 11 is 0. The zero-order chi connectivity index (χ0) is 14.9. The Balaban J connectivity index is 2.57. The molecule has 20 heavy (non-hydrogen) atoms. The summed E-state index contributed by atoms with van der Waals surface area (Å²) in [6, 6.07) is 3.58. The average molecular weight is 282 g/mol. The van der Waals surface area contributed by atoms with E-state index in [1.54, 1.807) is 10.9 Å². The van der Waals surface area contributed by atoms with E-state index in [0.717, 1.165) is 6.07 Å². The Labute approximate surface area is 114 Å². The summed E-state index contributed by atoms with van der Waals surface area (Å²) in [5.74, 6) is 0. The molecular weight excluding hydrogens is 269 g/mol. The van der Waals surface area contributed by atoms with E-state index < -0.39 is 11.7 Å². The molecule has 0 aliphatic heterocycles. The molecule has 1 aromatic heterocycles. The molecule has 0 saturated carbocycles. The van der Waals surface area contributed by atoms with Gasteiger partial charge < -0.3 is 0 Å². The fourth-order valence-corrected chi connectivity index (χ4v) is 1.88. The van der Waals surface area contributed by atoms with Gasteiger partial charge in [-0.1, -0.05) is 12.1 Å². The fraction of sp³-hybridized carbons (Fsp3) is 0.286. The summed E-state index contributed by atoms with van der Waals surface area (Å²) in [4.78, 5) is 10.6. The van der Waals surface area contributed by atoms with Crippen molar-refractivity contribution in [2.24, 2.45) is 0 Å². The third kappa shape index (κ3) is 2.74. The Morgan fingerprint density at radius 3 is 2.50 bits per heavy atom. The van der Waals surface area contributed by atoms with Crippen molar-refractivity contribution in [3.63, 3.8) is 0 Å². The summed E-state index contributed by atoms with van der Waals surface area (Å²) in [7, 11) is 0. The lowest BCUT2D eigenvalue weighted by molar-refractivity contribution is -0.137. The SMILES string of the molecule is CC(C)n1cc(-c2ccc(C=O)cc2C(F)(F)F)cn1. The number of hydrogen-bond acceptors (Lipinski definition) is 2. The second kappa shape index (κ2) is 5.11. The maximum Gasteiger partial charge on any atom is 0.417 e. The number of aromatic nitrogens is 2. The Hall–Kier alpha value is -2.11. The number of carbonyl (C=O) groups is 1. The molecule has 3 nitrogen and oxygen atoms in total. The number of nitrogens with zero attached hydrogens (tertiary/aromatic N) is 2. The predicted molar refractivity (Wildman–Crippen MR) is 68.4 cm³/mol. The van der Waals surface area contributed by atoms with Crippen molar-refractivity contribution in [3.05, 3.63) is 41.7 Å². The van der Waals surface area contributed by atoms with Crippen LogP contribution in [0.1, 0.15) is 35.8 Å². The molecule has 1 aromatic carbocycles. The summed E-state index contributed by atoms with van der Waals surface area (Å²) in [6.45, 7) is 3.77. The van der Waals surface area contributed by atoms with Gasteiger partial charge in [0, 0.05) is 23.4 Å². The quantitative estimate of drug-likeness (QED) is 0.799. The van der Waals surface area contributed by atoms with E-state index in [-0.39, 0.29) is 17.2 Å². The number of aldehydes is 1. The zero-order valence-corrected chi connectivity index (χ0v) is 11.0. The van der Waals surface area contributed by atoms with E-state index in [0.29, 0.717) is 11.8 Å². The maximum atomic E-state index is 13.1. The van der Waals surface area contributed by atoms with E-state index in [2.05, 4.69) is 5.10 Å². The third-order valence-electron chi connectivity index (χ3n) is 2.93. The van der Waals surface area contributed by atoms with Crippen molar-refractivity contribution >= 4 is 6.29 Å². The van der Waals surface area contributed by atoms with Gasteiger partial charge in [-0.15, -0.1) is 0 Å². The minimum Gasteiger partial charge on any atom is -0.298 e. The molecule has 0 radical (unpaired) electrons. The molecule has 0 saturated heterocycles. The molecule has 0 amide bonds. The molecule has 6 heteroatoms. The molecule has 1 heterocycles. The summed E-state index contributed by atoms with van der Waals surface area (Å²) < 4.78 is 40.8. The second-order valence-electron chi connectivity index (χ2n) is 4.72. The Morgan fingerprint density at radius 2 is 2.00 bits per heavy atom. The molecule has 2 rings (SSSR count). The van der Waals surface area contributed by atoms with Crippen molar-refractivity contribution in [3.8, 4) is 11.1 Å². The predicted octanol–water partition coefficient (Wildman–Crippen LogP) is 3.96. The fourth-order valence-electron chi connectivity index (χ4n) is 1.88. The van der Waals surface area contributed by atoms with Crippen LogP contribution in [-0.4, -0.2) is 16.1 Å². The highest BCUT2D eigenvalue weighted by atomic mass is 19.4. The smallest absolute Gasteiger partial charge is 0.298 e. The molecule has 2 aromatic rings. The van der Waals surface area contributed by atoms with Gasteiger partial charge in [-0.3, -0.25) is 9.48 Å². The van der Waals surface area contributed by atoms with Crippen molar-refractivity contribution in [2.75, 3.05) is 0 Å². The van der Waals surface area contributed by atoms with Crippen molar-refractivity contribution in [1.82, 2.24) is 9.78 Å². The number of alkyl halides is 3. The van der Waals surface area contributed by atoms with Gasteiger partial charge in [0.15, 0.2) is 0 Å². The Morgan fingerprint density at radius 1 is 1.30 bits per heavy atom. The van der Waals surface area contributed by atoms with E-state index in [9.17, 15) is 18.0 Å². The van der Waals surface area contributed by atoms with E-state index in [1.165, 1.54) is 18.3 Å². The van der Waals surface area contributed by atoms with Gasteiger partial charge in [0.1, 0.15) is 6.29 Å². The van der Waals surface area contributed by atoms with Gasteiger partial charge in [0.25, 0.3) is 0 Å². The standard InChI is InChI=1S/C14H13F3N2O/c1-9(2)19-7-11(6-18-19)12-4-3-10(8-20)5-13(12)14(15,16)17/h3-9H,1-2H3. The largest absolute Gasteiger partial charge is 0.417 e. The van der Waals surface area contributed by atoms with Gasteiger partial charge in [-0.25, -0.2) is 0 Å². The zero-order valence-electron chi connectivity index (χ0n) is 11.0. The molecule has 0 unspecified atom stereocenters. The summed E-state index contributed by atoms with van der Waals surface area (Å²) in [5, 5.41) is 4.04. The molecule has 0 aliphatic rings. The summed E-state index contributed by atoms with van der Waals surface area (Å²) in [6.07, 6.45) is -1.16. The highest BCUT2D eigenvalue weighted by molar-refractivity contribution is 5.78. The molecule has 0 spiro atoms. The van der Waals surface area contributed by atoms with Crippen LogP contribution < -0.4 is 0 Å². The molecule has 0 atom stereocenters. The molecular formula is C14H13F3N2O.